The van der Waals surface area contributed by atoms with E-state index in [1.807, 2.05) is 12.1 Å². The summed E-state index contributed by atoms with van der Waals surface area (Å²) in [6, 6.07) is 11.6. The maximum atomic E-state index is 5.86. The lowest BCUT2D eigenvalue weighted by Crippen LogP contribution is -2.23. The summed E-state index contributed by atoms with van der Waals surface area (Å²) in [6.07, 6.45) is 6.91. The molecule has 0 spiro atoms. The lowest BCUT2D eigenvalue weighted by molar-refractivity contribution is 0.514. The minimum atomic E-state index is 0.427. The molecule has 2 N–H and O–H groups in total. The van der Waals surface area contributed by atoms with Crippen molar-refractivity contribution in [2.75, 3.05) is 0 Å². The molecule has 1 aromatic rings. The average Bonchev–Trinajstić information content (AvgIpc) is 2.23. The van der Waals surface area contributed by atoms with Crippen molar-refractivity contribution < 1.29 is 0 Å². The quantitative estimate of drug-likeness (QED) is 0.717. The Morgan fingerprint density at radius 1 is 1.21 bits per heavy atom. The van der Waals surface area contributed by atoms with Crippen molar-refractivity contribution in [3.63, 3.8) is 0 Å². The number of nitrogens with two attached hydrogens (primary N) is 1. The number of allylic oxidation sites excluding steroid dienone is 1. The number of rotatable bonds is 1. The summed E-state index contributed by atoms with van der Waals surface area (Å²) in [5.74, 6) is 0. The smallest absolute Gasteiger partial charge is 0.00449 e. The Morgan fingerprint density at radius 3 is 2.50 bits per heavy atom. The molecule has 1 fully saturated rings. The van der Waals surface area contributed by atoms with Gasteiger partial charge < -0.3 is 5.73 Å². The van der Waals surface area contributed by atoms with Gasteiger partial charge >= 0.3 is 0 Å². The van der Waals surface area contributed by atoms with Crippen LogP contribution in [0.4, 0.5) is 0 Å². The first-order valence-electron chi connectivity index (χ1n) is 5.26. The largest absolute Gasteiger partial charge is 0.328 e. The molecule has 1 aliphatic rings. The van der Waals surface area contributed by atoms with Gasteiger partial charge in [-0.1, -0.05) is 35.9 Å². The van der Waals surface area contributed by atoms with Gasteiger partial charge in [0, 0.05) is 6.04 Å². The summed E-state index contributed by atoms with van der Waals surface area (Å²) in [5, 5.41) is 0. The van der Waals surface area contributed by atoms with Crippen LogP contribution in [0.5, 0.6) is 0 Å². The maximum Gasteiger partial charge on any atom is 0.00449 e. The van der Waals surface area contributed by atoms with Gasteiger partial charge in [-0.05, 0) is 37.3 Å². The zero-order valence-electron chi connectivity index (χ0n) is 8.37. The van der Waals surface area contributed by atoms with E-state index in [2.05, 4.69) is 24.3 Å². The molecule has 1 radical (unpaired) electrons. The molecule has 73 valence electrons. The van der Waals surface area contributed by atoms with Crippen molar-refractivity contribution in [1.29, 1.82) is 0 Å². The lowest BCUT2D eigenvalue weighted by Gasteiger charge is -2.20. The van der Waals surface area contributed by atoms with Crippen molar-refractivity contribution >= 4 is 6.08 Å². The van der Waals surface area contributed by atoms with Gasteiger partial charge in [-0.2, -0.15) is 0 Å². The summed E-state index contributed by atoms with van der Waals surface area (Å²) in [7, 11) is 0. The fourth-order valence-corrected chi connectivity index (χ4v) is 1.89. The zero-order valence-corrected chi connectivity index (χ0v) is 8.37. The summed E-state index contributed by atoms with van der Waals surface area (Å²) in [4.78, 5) is 0. The van der Waals surface area contributed by atoms with Crippen molar-refractivity contribution in [1.82, 2.24) is 0 Å². The van der Waals surface area contributed by atoms with Gasteiger partial charge in [0.05, 0.1) is 0 Å². The lowest BCUT2D eigenvalue weighted by atomic mass is 9.90. The van der Waals surface area contributed by atoms with Crippen LogP contribution < -0.4 is 5.73 Å². The van der Waals surface area contributed by atoms with Gasteiger partial charge in [-0.15, -0.1) is 0 Å². The highest BCUT2D eigenvalue weighted by atomic mass is 14.6. The Balaban J connectivity index is 2.05. The molecule has 0 aromatic heterocycles. The predicted octanol–water partition coefficient (Wildman–Crippen LogP) is 2.77. The average molecular weight is 186 g/mol. The highest BCUT2D eigenvalue weighted by Gasteiger charge is 2.11. The normalized spacial score (nSPS) is 22.1. The fraction of sp³-hybridized carbons (Fsp3) is 0.385. The molecular formula is C13H16N. The molecule has 0 unspecified atom stereocenters. The zero-order chi connectivity index (χ0) is 9.80. The fourth-order valence-electron chi connectivity index (χ4n) is 1.89. The number of benzene rings is 1. The van der Waals surface area contributed by atoms with Gasteiger partial charge in [0.1, 0.15) is 0 Å². The van der Waals surface area contributed by atoms with Crippen LogP contribution in [0, 0.1) is 6.07 Å². The van der Waals surface area contributed by atoms with Gasteiger partial charge in [0.15, 0.2) is 0 Å². The second-order valence-electron chi connectivity index (χ2n) is 3.97. The predicted molar refractivity (Wildman–Crippen MR) is 59.7 cm³/mol. The Hall–Kier alpha value is -1.08. The van der Waals surface area contributed by atoms with E-state index < -0.39 is 0 Å². The van der Waals surface area contributed by atoms with Crippen LogP contribution in [0.15, 0.2) is 29.8 Å². The molecule has 0 heterocycles. The number of hydrogen-bond acceptors (Lipinski definition) is 1. The van der Waals surface area contributed by atoms with E-state index in [4.69, 9.17) is 5.73 Å². The number of hydrogen-bond donors (Lipinski definition) is 1. The molecule has 1 nitrogen and oxygen atoms in total. The molecule has 1 aromatic carbocycles. The van der Waals surface area contributed by atoms with Crippen LogP contribution in [0.3, 0.4) is 0 Å². The third-order valence-corrected chi connectivity index (χ3v) is 2.79. The minimum absolute atomic E-state index is 0.427. The minimum Gasteiger partial charge on any atom is -0.328 e. The second kappa shape index (κ2) is 4.43. The van der Waals surface area contributed by atoms with Gasteiger partial charge in [0.25, 0.3) is 0 Å². The van der Waals surface area contributed by atoms with E-state index in [-0.39, 0.29) is 0 Å². The monoisotopic (exact) mass is 186 g/mol. The summed E-state index contributed by atoms with van der Waals surface area (Å²) in [5.41, 5.74) is 8.68. The standard InChI is InChI=1S/C13H16N/c14-13-8-6-12(7-9-13)10-11-4-2-1-3-5-11/h2-5,10,13H,6-9,14H2. The highest BCUT2D eigenvalue weighted by Crippen LogP contribution is 2.24. The van der Waals surface area contributed by atoms with Gasteiger partial charge in [0.2, 0.25) is 0 Å². The molecule has 0 aliphatic heterocycles. The van der Waals surface area contributed by atoms with Crippen molar-refractivity contribution in [3.8, 4) is 0 Å². The van der Waals surface area contributed by atoms with E-state index in [9.17, 15) is 0 Å². The first-order valence-corrected chi connectivity index (χ1v) is 5.26. The second-order valence-corrected chi connectivity index (χ2v) is 3.97. The van der Waals surface area contributed by atoms with Crippen LogP contribution in [0.2, 0.25) is 0 Å². The van der Waals surface area contributed by atoms with Crippen LogP contribution in [0.1, 0.15) is 31.2 Å². The maximum absolute atomic E-state index is 5.86. The van der Waals surface area contributed by atoms with Gasteiger partial charge in [-0.25, -0.2) is 0 Å². The molecule has 1 heteroatoms. The summed E-state index contributed by atoms with van der Waals surface area (Å²) >= 11 is 0. The van der Waals surface area contributed by atoms with Crippen molar-refractivity contribution in [3.05, 3.63) is 41.5 Å². The Labute approximate surface area is 85.6 Å². The summed E-state index contributed by atoms with van der Waals surface area (Å²) < 4.78 is 0. The molecule has 1 saturated carbocycles. The third-order valence-electron chi connectivity index (χ3n) is 2.79. The van der Waals surface area contributed by atoms with Crippen molar-refractivity contribution in [2.24, 2.45) is 5.73 Å². The molecule has 14 heavy (non-hydrogen) atoms. The van der Waals surface area contributed by atoms with Crippen LogP contribution in [0.25, 0.3) is 6.08 Å². The third kappa shape index (κ3) is 2.46. The van der Waals surface area contributed by atoms with Crippen LogP contribution >= 0.6 is 0 Å². The molecular weight excluding hydrogens is 170 g/mol. The first-order chi connectivity index (χ1) is 6.84. The molecule has 0 bridgehead atoms. The molecule has 2 rings (SSSR count). The van der Waals surface area contributed by atoms with E-state index in [1.54, 1.807) is 0 Å². The van der Waals surface area contributed by atoms with Crippen LogP contribution in [-0.4, -0.2) is 6.04 Å². The highest BCUT2D eigenvalue weighted by molar-refractivity contribution is 5.52. The Bertz CT molecular complexity index is 303. The molecule has 0 saturated heterocycles. The van der Waals surface area contributed by atoms with E-state index >= 15 is 0 Å². The first kappa shape index (κ1) is 9.47. The van der Waals surface area contributed by atoms with E-state index in [1.165, 1.54) is 24.0 Å². The molecule has 1 aliphatic carbocycles. The van der Waals surface area contributed by atoms with Crippen molar-refractivity contribution in [2.45, 2.75) is 31.7 Å². The molecule has 0 atom stereocenters. The molecule has 0 amide bonds. The Kier molecular flexibility index (Phi) is 3.00. The van der Waals surface area contributed by atoms with E-state index in [0.29, 0.717) is 6.04 Å². The summed E-state index contributed by atoms with van der Waals surface area (Å²) in [6.45, 7) is 0. The van der Waals surface area contributed by atoms with Gasteiger partial charge in [-0.3, -0.25) is 0 Å². The van der Waals surface area contributed by atoms with Crippen LogP contribution in [-0.2, 0) is 0 Å². The van der Waals surface area contributed by atoms with E-state index in [0.717, 1.165) is 12.8 Å². The topological polar surface area (TPSA) is 26.0 Å². The Morgan fingerprint density at radius 2 is 1.86 bits per heavy atom. The SMILES string of the molecule is NC1CCC(=Cc2cc[c]cc2)CC1.